The zero-order valence-corrected chi connectivity index (χ0v) is 8.04. The molecule has 2 atom stereocenters. The fraction of sp³-hybridized carbons (Fsp3) is 0.333. The zero-order chi connectivity index (χ0) is 8.55. The molecule has 1 aromatic rings. The highest BCUT2D eigenvalue weighted by molar-refractivity contribution is 7.46. The minimum absolute atomic E-state index is 0.172. The Morgan fingerprint density at radius 2 is 2.08 bits per heavy atom. The van der Waals surface area contributed by atoms with Crippen LogP contribution in [0.15, 0.2) is 24.3 Å². The zero-order valence-electron chi connectivity index (χ0n) is 7.15. The maximum Gasteiger partial charge on any atom is 0.227 e. The Morgan fingerprint density at radius 1 is 1.33 bits per heavy atom. The van der Waals surface area contributed by atoms with Gasteiger partial charge in [0.1, 0.15) is 5.75 Å². The van der Waals surface area contributed by atoms with E-state index in [0.717, 1.165) is 11.3 Å². The third kappa shape index (κ3) is 1.33. The van der Waals surface area contributed by atoms with E-state index in [1.807, 2.05) is 30.9 Å². The fourth-order valence-corrected chi connectivity index (χ4v) is 2.38. The van der Waals surface area contributed by atoms with Gasteiger partial charge in [-0.15, -0.1) is 0 Å². The van der Waals surface area contributed by atoms with E-state index in [0.29, 0.717) is 0 Å². The highest BCUT2D eigenvalue weighted by atomic mass is 31.2. The number of hydrogen-bond donors (Lipinski definition) is 0. The molecule has 0 bridgehead atoms. The molecule has 0 spiro atoms. The first-order valence-corrected chi connectivity index (χ1v) is 5.57. The van der Waals surface area contributed by atoms with Gasteiger partial charge < -0.3 is 9.05 Å². The van der Waals surface area contributed by atoms with Gasteiger partial charge in [-0.25, -0.2) is 0 Å². The summed E-state index contributed by atoms with van der Waals surface area (Å²) in [4.78, 5) is 0. The Bertz CT molecular complexity index is 288. The van der Waals surface area contributed by atoms with Crippen LogP contribution in [0.1, 0.15) is 18.6 Å². The molecule has 2 rings (SSSR count). The molecule has 2 unspecified atom stereocenters. The normalized spacial score (nSPS) is 27.5. The van der Waals surface area contributed by atoms with E-state index in [1.54, 1.807) is 0 Å². The summed E-state index contributed by atoms with van der Waals surface area (Å²) in [6.45, 7) is 4.03. The van der Waals surface area contributed by atoms with Crippen molar-refractivity contribution in [3.05, 3.63) is 29.8 Å². The van der Waals surface area contributed by atoms with Gasteiger partial charge in [0, 0.05) is 12.2 Å². The van der Waals surface area contributed by atoms with Crippen molar-refractivity contribution < 1.29 is 9.05 Å². The quantitative estimate of drug-likeness (QED) is 0.574. The van der Waals surface area contributed by atoms with Gasteiger partial charge in [-0.3, -0.25) is 0 Å². The molecule has 1 aromatic carbocycles. The van der Waals surface area contributed by atoms with Crippen LogP contribution in [-0.2, 0) is 4.52 Å². The van der Waals surface area contributed by atoms with Gasteiger partial charge in [-0.1, -0.05) is 18.2 Å². The standard InChI is InChI=1S/C9H11O2P/c1-7-8-5-3-4-6-9(8)11-12(2)10-7/h3-7H,1-2H3. The highest BCUT2D eigenvalue weighted by Crippen LogP contribution is 2.48. The van der Waals surface area contributed by atoms with Gasteiger partial charge in [0.25, 0.3) is 0 Å². The second-order valence-electron chi connectivity index (χ2n) is 2.82. The van der Waals surface area contributed by atoms with E-state index in [9.17, 15) is 0 Å². The first kappa shape index (κ1) is 8.03. The predicted molar refractivity (Wildman–Crippen MR) is 49.4 cm³/mol. The molecule has 0 aliphatic carbocycles. The molecule has 2 nitrogen and oxygen atoms in total. The van der Waals surface area contributed by atoms with Crippen molar-refractivity contribution in [1.82, 2.24) is 0 Å². The lowest BCUT2D eigenvalue weighted by Gasteiger charge is -2.27. The molecule has 0 fully saturated rings. The smallest absolute Gasteiger partial charge is 0.227 e. The van der Waals surface area contributed by atoms with Crippen molar-refractivity contribution in [2.75, 3.05) is 6.66 Å². The minimum Gasteiger partial charge on any atom is -0.447 e. The second kappa shape index (κ2) is 3.04. The average molecular weight is 182 g/mol. The fourth-order valence-electron chi connectivity index (χ4n) is 1.34. The Balaban J connectivity index is 2.40. The molecule has 3 heteroatoms. The summed E-state index contributed by atoms with van der Waals surface area (Å²) in [7, 11) is -0.718. The van der Waals surface area contributed by atoms with Gasteiger partial charge in [-0.2, -0.15) is 0 Å². The van der Waals surface area contributed by atoms with Crippen LogP contribution in [0.25, 0.3) is 0 Å². The molecule has 0 radical (unpaired) electrons. The number of benzene rings is 1. The van der Waals surface area contributed by atoms with E-state index < -0.39 is 8.38 Å². The first-order chi connectivity index (χ1) is 5.77. The van der Waals surface area contributed by atoms with Crippen molar-refractivity contribution in [1.29, 1.82) is 0 Å². The highest BCUT2D eigenvalue weighted by Gasteiger charge is 2.22. The van der Waals surface area contributed by atoms with Gasteiger partial charge in [0.2, 0.25) is 8.38 Å². The van der Waals surface area contributed by atoms with Crippen LogP contribution in [-0.4, -0.2) is 6.66 Å². The molecule has 64 valence electrons. The van der Waals surface area contributed by atoms with E-state index in [4.69, 9.17) is 9.05 Å². The van der Waals surface area contributed by atoms with Crippen molar-refractivity contribution >= 4 is 8.38 Å². The van der Waals surface area contributed by atoms with Crippen LogP contribution in [0.2, 0.25) is 0 Å². The summed E-state index contributed by atoms with van der Waals surface area (Å²) >= 11 is 0. The molecule has 1 aliphatic heterocycles. The lowest BCUT2D eigenvalue weighted by atomic mass is 10.1. The summed E-state index contributed by atoms with van der Waals surface area (Å²) in [5, 5.41) is 0. The molecule has 1 aliphatic rings. The lowest BCUT2D eigenvalue weighted by Crippen LogP contribution is -2.06. The van der Waals surface area contributed by atoms with Crippen LogP contribution in [0, 0.1) is 0 Å². The largest absolute Gasteiger partial charge is 0.447 e. The summed E-state index contributed by atoms with van der Waals surface area (Å²) < 4.78 is 11.1. The van der Waals surface area contributed by atoms with Crippen LogP contribution >= 0.6 is 8.38 Å². The van der Waals surface area contributed by atoms with Crippen LogP contribution in [0.4, 0.5) is 0 Å². The Hall–Kier alpha value is -0.590. The molecular weight excluding hydrogens is 171 g/mol. The first-order valence-electron chi connectivity index (χ1n) is 3.95. The number of rotatable bonds is 0. The van der Waals surface area contributed by atoms with Crippen LogP contribution in [0.5, 0.6) is 5.75 Å². The van der Waals surface area contributed by atoms with Crippen molar-refractivity contribution in [3.8, 4) is 5.75 Å². The average Bonchev–Trinajstić information content (AvgIpc) is 2.04. The number of para-hydroxylation sites is 1. The molecule has 12 heavy (non-hydrogen) atoms. The van der Waals surface area contributed by atoms with Crippen LogP contribution < -0.4 is 4.52 Å². The minimum atomic E-state index is -0.718. The third-order valence-electron chi connectivity index (χ3n) is 1.89. The molecule has 0 saturated heterocycles. The van der Waals surface area contributed by atoms with E-state index in [-0.39, 0.29) is 6.10 Å². The number of hydrogen-bond acceptors (Lipinski definition) is 2. The second-order valence-corrected chi connectivity index (χ2v) is 4.09. The summed E-state index contributed by atoms with van der Waals surface area (Å²) in [6.07, 6.45) is 0.172. The SMILES string of the molecule is CC1OP(C)Oc2ccccc21. The monoisotopic (exact) mass is 182 g/mol. The molecule has 0 N–H and O–H groups in total. The van der Waals surface area contributed by atoms with Crippen molar-refractivity contribution in [2.24, 2.45) is 0 Å². The van der Waals surface area contributed by atoms with E-state index >= 15 is 0 Å². The molecular formula is C9H11O2P. The summed E-state index contributed by atoms with van der Waals surface area (Å²) in [5.74, 6) is 0.977. The Morgan fingerprint density at radius 3 is 2.92 bits per heavy atom. The molecule has 0 amide bonds. The Kier molecular flexibility index (Phi) is 2.03. The van der Waals surface area contributed by atoms with Crippen molar-refractivity contribution in [2.45, 2.75) is 13.0 Å². The topological polar surface area (TPSA) is 18.5 Å². The maximum atomic E-state index is 5.56. The number of fused-ring (bicyclic) bond motifs is 1. The van der Waals surface area contributed by atoms with E-state index in [2.05, 4.69) is 6.92 Å². The molecule has 1 heterocycles. The lowest BCUT2D eigenvalue weighted by molar-refractivity contribution is 0.210. The molecule has 0 aromatic heterocycles. The molecule has 0 saturated carbocycles. The van der Waals surface area contributed by atoms with Gasteiger partial charge >= 0.3 is 0 Å². The maximum absolute atomic E-state index is 5.56. The summed E-state index contributed by atoms with van der Waals surface area (Å²) in [6, 6.07) is 8.03. The van der Waals surface area contributed by atoms with E-state index in [1.165, 1.54) is 0 Å². The van der Waals surface area contributed by atoms with Crippen LogP contribution in [0.3, 0.4) is 0 Å². The summed E-state index contributed by atoms with van der Waals surface area (Å²) in [5.41, 5.74) is 1.15. The van der Waals surface area contributed by atoms with Gasteiger partial charge in [0.15, 0.2) is 0 Å². The van der Waals surface area contributed by atoms with Gasteiger partial charge in [-0.05, 0) is 13.0 Å². The predicted octanol–water partition coefficient (Wildman–Crippen LogP) is 3.10. The third-order valence-corrected chi connectivity index (χ3v) is 2.96. The van der Waals surface area contributed by atoms with Crippen molar-refractivity contribution in [3.63, 3.8) is 0 Å². The van der Waals surface area contributed by atoms with Gasteiger partial charge in [0.05, 0.1) is 6.10 Å². The Labute approximate surface area is 73.4 Å².